The molecule has 1 aliphatic rings. The molecule has 0 unspecified atom stereocenters. The van der Waals surface area contributed by atoms with Crippen LogP contribution in [0.25, 0.3) is 0 Å². The van der Waals surface area contributed by atoms with Gasteiger partial charge in [-0.15, -0.1) is 0 Å². The molecule has 29 heavy (non-hydrogen) atoms. The molecule has 0 atom stereocenters. The van der Waals surface area contributed by atoms with Crippen molar-refractivity contribution in [1.29, 1.82) is 5.26 Å². The average molecular weight is 402 g/mol. The molecule has 0 radical (unpaired) electrons. The molecule has 3 rings (SSSR count). The van der Waals surface area contributed by atoms with Crippen LogP contribution in [0.4, 0.5) is 22.7 Å². The number of nitrogen functional groups attached to an aromatic ring is 2. The standard InChI is InChI=1S/C7H9N3O2.C7H5N3O2.C4H8O/c2*8-4-5-3-6(10(11)12)1-2-7(5)9;1-2-4-5-3-1/h1-3H,4,8-9H2;1-3H,9H2;1-4H2. The van der Waals surface area contributed by atoms with Gasteiger partial charge in [-0.2, -0.15) is 5.26 Å². The van der Waals surface area contributed by atoms with Crippen LogP contribution in [0.5, 0.6) is 0 Å². The summed E-state index contributed by atoms with van der Waals surface area (Å²) >= 11 is 0. The number of nitro benzene ring substituents is 2. The first kappa shape index (κ1) is 23.3. The summed E-state index contributed by atoms with van der Waals surface area (Å²) in [6.45, 7) is 2.22. The lowest BCUT2D eigenvalue weighted by Gasteiger charge is -2.00. The molecule has 11 nitrogen and oxygen atoms in total. The first-order valence-corrected chi connectivity index (χ1v) is 8.54. The molecule has 2 aromatic carbocycles. The largest absolute Gasteiger partial charge is 0.398 e. The number of nitriles is 1. The molecule has 6 N–H and O–H groups in total. The maximum Gasteiger partial charge on any atom is 0.270 e. The van der Waals surface area contributed by atoms with E-state index in [1.165, 1.54) is 43.2 Å². The van der Waals surface area contributed by atoms with E-state index in [9.17, 15) is 20.2 Å². The second-order valence-corrected chi connectivity index (χ2v) is 5.80. The van der Waals surface area contributed by atoms with Crippen molar-refractivity contribution in [2.24, 2.45) is 5.73 Å². The second-order valence-electron chi connectivity index (χ2n) is 5.80. The fourth-order valence-corrected chi connectivity index (χ4v) is 2.15. The zero-order valence-electron chi connectivity index (χ0n) is 15.6. The molecule has 1 fully saturated rings. The molecule has 11 heteroatoms. The predicted molar refractivity (Wildman–Crippen MR) is 108 cm³/mol. The summed E-state index contributed by atoms with van der Waals surface area (Å²) in [5, 5.41) is 29.0. The molecule has 0 aliphatic carbocycles. The Bertz CT molecular complexity index is 885. The topological polar surface area (TPSA) is 197 Å². The van der Waals surface area contributed by atoms with E-state index in [4.69, 9.17) is 27.2 Å². The fourth-order valence-electron chi connectivity index (χ4n) is 2.15. The number of nitrogens with two attached hydrogens (primary N) is 3. The predicted octanol–water partition coefficient (Wildman–Crippen LogP) is 2.48. The van der Waals surface area contributed by atoms with Gasteiger partial charge in [0.2, 0.25) is 0 Å². The molecule has 1 saturated heterocycles. The highest BCUT2D eigenvalue weighted by Gasteiger charge is 2.08. The average Bonchev–Trinajstić information content (AvgIpc) is 3.29. The van der Waals surface area contributed by atoms with Gasteiger partial charge in [-0.1, -0.05) is 0 Å². The number of benzene rings is 2. The van der Waals surface area contributed by atoms with Crippen LogP contribution >= 0.6 is 0 Å². The number of nitro groups is 2. The first-order chi connectivity index (χ1) is 13.8. The van der Waals surface area contributed by atoms with Crippen LogP contribution in [0.2, 0.25) is 0 Å². The first-order valence-electron chi connectivity index (χ1n) is 8.54. The Balaban J connectivity index is 0.000000235. The van der Waals surface area contributed by atoms with E-state index in [2.05, 4.69) is 0 Å². The number of anilines is 2. The summed E-state index contributed by atoms with van der Waals surface area (Å²) in [4.78, 5) is 19.5. The minimum Gasteiger partial charge on any atom is -0.398 e. The van der Waals surface area contributed by atoms with Crippen molar-refractivity contribution in [3.05, 3.63) is 67.8 Å². The van der Waals surface area contributed by atoms with Crippen LogP contribution in [0.1, 0.15) is 24.0 Å². The van der Waals surface area contributed by atoms with Gasteiger partial charge in [-0.25, -0.2) is 0 Å². The number of rotatable bonds is 3. The molecule has 1 heterocycles. The van der Waals surface area contributed by atoms with Gasteiger partial charge in [0.05, 0.1) is 15.4 Å². The normalized spacial score (nSPS) is 11.9. The highest BCUT2D eigenvalue weighted by atomic mass is 16.6. The Hall–Kier alpha value is -3.75. The van der Waals surface area contributed by atoms with Gasteiger partial charge in [0, 0.05) is 55.4 Å². The van der Waals surface area contributed by atoms with Gasteiger partial charge in [0.15, 0.2) is 0 Å². The van der Waals surface area contributed by atoms with Gasteiger partial charge >= 0.3 is 0 Å². The molecule has 154 valence electrons. The van der Waals surface area contributed by atoms with E-state index in [1.54, 1.807) is 6.07 Å². The zero-order chi connectivity index (χ0) is 21.8. The number of nitrogens with zero attached hydrogens (tertiary/aromatic N) is 3. The fraction of sp³-hybridized carbons (Fsp3) is 0.278. The van der Waals surface area contributed by atoms with Crippen LogP contribution < -0.4 is 17.2 Å². The molecular weight excluding hydrogens is 380 g/mol. The van der Waals surface area contributed by atoms with E-state index in [-0.39, 0.29) is 29.2 Å². The highest BCUT2D eigenvalue weighted by Crippen LogP contribution is 2.19. The van der Waals surface area contributed by atoms with E-state index >= 15 is 0 Å². The third-order valence-corrected chi connectivity index (χ3v) is 3.75. The van der Waals surface area contributed by atoms with Gasteiger partial charge in [-0.3, -0.25) is 20.2 Å². The maximum absolute atomic E-state index is 10.3. The lowest BCUT2D eigenvalue weighted by molar-refractivity contribution is -0.385. The Morgan fingerprint density at radius 1 is 0.966 bits per heavy atom. The van der Waals surface area contributed by atoms with Crippen LogP contribution in [-0.4, -0.2) is 23.1 Å². The smallest absolute Gasteiger partial charge is 0.270 e. The molecular formula is C18H22N6O5. The summed E-state index contributed by atoms with van der Waals surface area (Å²) in [5.74, 6) is 0. The van der Waals surface area contributed by atoms with Crippen molar-refractivity contribution < 1.29 is 14.6 Å². The van der Waals surface area contributed by atoms with Crippen LogP contribution in [0.15, 0.2) is 36.4 Å². The van der Waals surface area contributed by atoms with Crippen molar-refractivity contribution in [3.63, 3.8) is 0 Å². The number of non-ortho nitro benzene ring substituents is 2. The lowest BCUT2D eigenvalue weighted by atomic mass is 10.1. The van der Waals surface area contributed by atoms with Crippen molar-refractivity contribution in [3.8, 4) is 6.07 Å². The molecule has 1 aliphatic heterocycles. The van der Waals surface area contributed by atoms with Crippen molar-refractivity contribution in [2.45, 2.75) is 19.4 Å². The maximum atomic E-state index is 10.3. The Morgan fingerprint density at radius 3 is 1.90 bits per heavy atom. The van der Waals surface area contributed by atoms with E-state index in [1.807, 2.05) is 0 Å². The van der Waals surface area contributed by atoms with Crippen molar-refractivity contribution >= 4 is 22.7 Å². The minimum absolute atomic E-state index is 0.0182. The van der Waals surface area contributed by atoms with Gasteiger partial charge < -0.3 is 21.9 Å². The van der Waals surface area contributed by atoms with E-state index in [0.717, 1.165) is 19.3 Å². The highest BCUT2D eigenvalue weighted by molar-refractivity contribution is 5.58. The zero-order valence-corrected chi connectivity index (χ0v) is 15.6. The van der Waals surface area contributed by atoms with Gasteiger partial charge in [-0.05, 0) is 30.5 Å². The summed E-state index contributed by atoms with van der Waals surface area (Å²) in [5.41, 5.74) is 17.5. The molecule has 0 aromatic heterocycles. The SMILES string of the molecule is C1CCOC1.N#Cc1cc([N+](=O)[O-])ccc1N.NCc1cc([N+](=O)[O-])ccc1N. The summed E-state index contributed by atoms with van der Waals surface area (Å²) in [6.07, 6.45) is 2.56. The molecule has 0 saturated carbocycles. The number of hydrogen-bond donors (Lipinski definition) is 3. The van der Waals surface area contributed by atoms with Gasteiger partial charge in [0.25, 0.3) is 11.4 Å². The van der Waals surface area contributed by atoms with Crippen LogP contribution in [-0.2, 0) is 11.3 Å². The number of hydrogen-bond acceptors (Lipinski definition) is 9. The molecule has 0 spiro atoms. The Labute approximate surface area is 167 Å². The van der Waals surface area contributed by atoms with Crippen LogP contribution in [0, 0.1) is 31.6 Å². The Kier molecular flexibility index (Phi) is 9.52. The van der Waals surface area contributed by atoms with E-state index in [0.29, 0.717) is 11.3 Å². The summed E-state index contributed by atoms with van der Waals surface area (Å²) in [6, 6.07) is 9.74. The molecule has 0 bridgehead atoms. The lowest BCUT2D eigenvalue weighted by Crippen LogP contribution is -2.02. The summed E-state index contributed by atoms with van der Waals surface area (Å²) < 4.78 is 4.94. The van der Waals surface area contributed by atoms with E-state index < -0.39 is 9.85 Å². The molecule has 2 aromatic rings. The second kappa shape index (κ2) is 11.9. The Morgan fingerprint density at radius 2 is 1.48 bits per heavy atom. The van der Waals surface area contributed by atoms with Gasteiger partial charge in [0.1, 0.15) is 6.07 Å². The van der Waals surface area contributed by atoms with Crippen molar-refractivity contribution in [1.82, 2.24) is 0 Å². The molecule has 0 amide bonds. The third-order valence-electron chi connectivity index (χ3n) is 3.75. The third kappa shape index (κ3) is 7.79. The quantitative estimate of drug-likeness (QED) is 0.392. The number of ether oxygens (including phenoxy) is 1. The van der Waals surface area contributed by atoms with Crippen LogP contribution in [0.3, 0.4) is 0 Å². The monoisotopic (exact) mass is 402 g/mol. The minimum atomic E-state index is -0.569. The van der Waals surface area contributed by atoms with Crippen molar-refractivity contribution in [2.75, 3.05) is 24.7 Å². The summed E-state index contributed by atoms with van der Waals surface area (Å²) in [7, 11) is 0.